The second-order valence-corrected chi connectivity index (χ2v) is 5.86. The van der Waals surface area contributed by atoms with Crippen LogP contribution in [-0.4, -0.2) is 28.8 Å². The van der Waals surface area contributed by atoms with Gasteiger partial charge < -0.3 is 10.6 Å². The van der Waals surface area contributed by atoms with Crippen LogP contribution < -0.4 is 10.6 Å². The summed E-state index contributed by atoms with van der Waals surface area (Å²) in [7, 11) is 1.90. The van der Waals surface area contributed by atoms with Crippen molar-refractivity contribution >= 4 is 5.91 Å². The zero-order chi connectivity index (χ0) is 14.5. The summed E-state index contributed by atoms with van der Waals surface area (Å²) in [5, 5.41) is 10.8. The van der Waals surface area contributed by atoms with Crippen molar-refractivity contribution in [3.05, 3.63) is 17.5 Å². The first-order chi connectivity index (χ1) is 9.56. The average molecular weight is 278 g/mol. The van der Waals surface area contributed by atoms with Crippen molar-refractivity contribution in [3.63, 3.8) is 0 Å². The Balaban J connectivity index is 1.77. The molecule has 1 aromatic heterocycles. The fourth-order valence-corrected chi connectivity index (χ4v) is 2.94. The number of carbonyl (C=O) groups is 1. The van der Waals surface area contributed by atoms with Crippen LogP contribution in [0.15, 0.2) is 6.20 Å². The summed E-state index contributed by atoms with van der Waals surface area (Å²) in [6.07, 6.45) is 6.02. The number of rotatable bonds is 5. The molecule has 2 rings (SSSR count). The molecule has 2 heterocycles. The van der Waals surface area contributed by atoms with Crippen LogP contribution in [0, 0.1) is 12.8 Å². The lowest BCUT2D eigenvalue weighted by atomic mass is 9.93. The lowest BCUT2D eigenvalue weighted by molar-refractivity contribution is -0.122. The molecule has 1 amide bonds. The molecular formula is C15H26N4O. The van der Waals surface area contributed by atoms with E-state index in [2.05, 4.69) is 15.7 Å². The molecule has 5 heteroatoms. The maximum atomic E-state index is 12.0. The number of nitrogens with zero attached hydrogens (tertiary/aromatic N) is 2. The van der Waals surface area contributed by atoms with E-state index < -0.39 is 0 Å². The molecule has 1 aliphatic heterocycles. The highest BCUT2D eigenvalue weighted by atomic mass is 16.1. The lowest BCUT2D eigenvalue weighted by Crippen LogP contribution is -2.30. The smallest absolute Gasteiger partial charge is 0.220 e. The first-order valence-corrected chi connectivity index (χ1v) is 7.56. The molecule has 2 N–H and O–H groups in total. The predicted molar refractivity (Wildman–Crippen MR) is 79.3 cm³/mol. The van der Waals surface area contributed by atoms with E-state index in [0.29, 0.717) is 12.3 Å². The van der Waals surface area contributed by atoms with Gasteiger partial charge in [-0.25, -0.2) is 0 Å². The number of hydrogen-bond donors (Lipinski definition) is 2. The fraction of sp³-hybridized carbons (Fsp3) is 0.733. The maximum absolute atomic E-state index is 12.0. The van der Waals surface area contributed by atoms with Gasteiger partial charge in [0.25, 0.3) is 0 Å². The number of piperidine rings is 1. The molecule has 20 heavy (non-hydrogen) atoms. The predicted octanol–water partition coefficient (Wildman–Crippen LogP) is 1.69. The van der Waals surface area contributed by atoms with E-state index in [-0.39, 0.29) is 11.9 Å². The quantitative estimate of drug-likeness (QED) is 0.861. The number of aryl methyl sites for hydroxylation is 2. The standard InChI is InChI=1S/C15H26N4O/c1-11(14-10-19(3)18-12(14)2)17-15(20)5-4-13-6-8-16-9-7-13/h10-11,13,16H,4-9H2,1-3H3,(H,17,20). The Labute approximate surface area is 121 Å². The molecule has 0 bridgehead atoms. The summed E-state index contributed by atoms with van der Waals surface area (Å²) in [5.74, 6) is 0.858. The van der Waals surface area contributed by atoms with Gasteiger partial charge in [0.1, 0.15) is 0 Å². The molecule has 1 fully saturated rings. The Bertz CT molecular complexity index is 449. The van der Waals surface area contributed by atoms with Crippen LogP contribution in [0.25, 0.3) is 0 Å². The number of hydrogen-bond acceptors (Lipinski definition) is 3. The van der Waals surface area contributed by atoms with E-state index in [1.807, 2.05) is 27.1 Å². The minimum Gasteiger partial charge on any atom is -0.349 e. The second-order valence-electron chi connectivity index (χ2n) is 5.86. The summed E-state index contributed by atoms with van der Waals surface area (Å²) in [6.45, 7) is 6.19. The molecule has 1 unspecified atom stereocenters. The Kier molecular flexibility index (Phi) is 5.17. The molecule has 1 aliphatic rings. The van der Waals surface area contributed by atoms with Crippen molar-refractivity contribution in [2.24, 2.45) is 13.0 Å². The molecular weight excluding hydrogens is 252 g/mol. The largest absolute Gasteiger partial charge is 0.349 e. The van der Waals surface area contributed by atoms with Gasteiger partial charge in [0.05, 0.1) is 11.7 Å². The van der Waals surface area contributed by atoms with Crippen molar-refractivity contribution in [1.82, 2.24) is 20.4 Å². The minimum atomic E-state index is 0.0317. The first kappa shape index (κ1) is 15.0. The summed E-state index contributed by atoms with van der Waals surface area (Å²) < 4.78 is 1.79. The van der Waals surface area contributed by atoms with Crippen LogP contribution in [0.1, 0.15) is 49.9 Å². The molecule has 0 aromatic carbocycles. The van der Waals surface area contributed by atoms with Crippen LogP contribution in [0.2, 0.25) is 0 Å². The lowest BCUT2D eigenvalue weighted by Gasteiger charge is -2.22. The number of amides is 1. The van der Waals surface area contributed by atoms with Crippen LogP contribution in [0.4, 0.5) is 0 Å². The molecule has 112 valence electrons. The molecule has 0 aliphatic carbocycles. The summed E-state index contributed by atoms with van der Waals surface area (Å²) in [4.78, 5) is 12.0. The van der Waals surface area contributed by atoms with Gasteiger partial charge in [-0.05, 0) is 52.1 Å². The van der Waals surface area contributed by atoms with Crippen molar-refractivity contribution in [1.29, 1.82) is 0 Å². The van der Waals surface area contributed by atoms with Gasteiger partial charge in [0.15, 0.2) is 0 Å². The normalized spacial score (nSPS) is 17.9. The topological polar surface area (TPSA) is 59.0 Å². The van der Waals surface area contributed by atoms with Crippen LogP contribution in [0.5, 0.6) is 0 Å². The Hall–Kier alpha value is -1.36. The van der Waals surface area contributed by atoms with Gasteiger partial charge in [-0.3, -0.25) is 9.48 Å². The third kappa shape index (κ3) is 4.07. The maximum Gasteiger partial charge on any atom is 0.220 e. The summed E-state index contributed by atoms with van der Waals surface area (Å²) >= 11 is 0. The van der Waals surface area contributed by atoms with E-state index in [9.17, 15) is 4.79 Å². The van der Waals surface area contributed by atoms with Crippen molar-refractivity contribution in [3.8, 4) is 0 Å². The highest BCUT2D eigenvalue weighted by Gasteiger charge is 2.17. The van der Waals surface area contributed by atoms with E-state index >= 15 is 0 Å². The van der Waals surface area contributed by atoms with Crippen LogP contribution >= 0.6 is 0 Å². The summed E-state index contributed by atoms with van der Waals surface area (Å²) in [5.41, 5.74) is 2.08. The molecule has 1 saturated heterocycles. The molecule has 0 saturated carbocycles. The van der Waals surface area contributed by atoms with Crippen LogP contribution in [-0.2, 0) is 11.8 Å². The molecule has 0 spiro atoms. The van der Waals surface area contributed by atoms with E-state index in [0.717, 1.165) is 30.8 Å². The Morgan fingerprint density at radius 3 is 2.85 bits per heavy atom. The Morgan fingerprint density at radius 1 is 1.55 bits per heavy atom. The Morgan fingerprint density at radius 2 is 2.25 bits per heavy atom. The highest BCUT2D eigenvalue weighted by Crippen LogP contribution is 2.19. The third-order valence-electron chi connectivity index (χ3n) is 4.13. The average Bonchev–Trinajstić information content (AvgIpc) is 2.77. The fourth-order valence-electron chi connectivity index (χ4n) is 2.94. The molecule has 5 nitrogen and oxygen atoms in total. The number of nitrogens with one attached hydrogen (secondary N) is 2. The summed E-state index contributed by atoms with van der Waals surface area (Å²) in [6, 6.07) is 0.0317. The molecule has 0 radical (unpaired) electrons. The van der Waals surface area contributed by atoms with Crippen LogP contribution in [0.3, 0.4) is 0 Å². The zero-order valence-electron chi connectivity index (χ0n) is 12.8. The minimum absolute atomic E-state index is 0.0317. The van der Waals surface area contributed by atoms with Gasteiger partial charge in [0, 0.05) is 25.2 Å². The number of carbonyl (C=O) groups excluding carboxylic acids is 1. The van der Waals surface area contributed by atoms with Crippen molar-refractivity contribution in [2.75, 3.05) is 13.1 Å². The number of aromatic nitrogens is 2. The van der Waals surface area contributed by atoms with E-state index in [4.69, 9.17) is 0 Å². The first-order valence-electron chi connectivity index (χ1n) is 7.56. The van der Waals surface area contributed by atoms with Gasteiger partial charge in [-0.1, -0.05) is 0 Å². The van der Waals surface area contributed by atoms with E-state index in [1.165, 1.54) is 12.8 Å². The monoisotopic (exact) mass is 278 g/mol. The third-order valence-corrected chi connectivity index (χ3v) is 4.13. The zero-order valence-corrected chi connectivity index (χ0v) is 12.8. The van der Waals surface area contributed by atoms with Crippen molar-refractivity contribution < 1.29 is 4.79 Å². The highest BCUT2D eigenvalue weighted by molar-refractivity contribution is 5.76. The van der Waals surface area contributed by atoms with Gasteiger partial charge in [0.2, 0.25) is 5.91 Å². The van der Waals surface area contributed by atoms with Crippen molar-refractivity contribution in [2.45, 2.75) is 45.6 Å². The van der Waals surface area contributed by atoms with Gasteiger partial charge in [-0.15, -0.1) is 0 Å². The van der Waals surface area contributed by atoms with Gasteiger partial charge >= 0.3 is 0 Å². The van der Waals surface area contributed by atoms with Gasteiger partial charge in [-0.2, -0.15) is 5.10 Å². The SMILES string of the molecule is Cc1nn(C)cc1C(C)NC(=O)CCC1CCNCC1. The van der Waals surface area contributed by atoms with E-state index in [1.54, 1.807) is 4.68 Å². The molecule has 1 aromatic rings. The molecule has 1 atom stereocenters. The second kappa shape index (κ2) is 6.88.